The lowest BCUT2D eigenvalue weighted by molar-refractivity contribution is -0.126. The van der Waals surface area contributed by atoms with Crippen molar-refractivity contribution in [1.29, 1.82) is 0 Å². The van der Waals surface area contributed by atoms with Gasteiger partial charge in [0.05, 0.1) is 43.3 Å². The summed E-state index contributed by atoms with van der Waals surface area (Å²) in [7, 11) is 3.05. The summed E-state index contributed by atoms with van der Waals surface area (Å²) in [6.07, 6.45) is -0.896. The van der Waals surface area contributed by atoms with Gasteiger partial charge in [0, 0.05) is 12.0 Å². The van der Waals surface area contributed by atoms with Crippen LogP contribution < -0.4 is 14.4 Å². The second kappa shape index (κ2) is 7.18. The van der Waals surface area contributed by atoms with E-state index < -0.39 is 23.4 Å². The van der Waals surface area contributed by atoms with Crippen LogP contribution in [-0.2, 0) is 15.0 Å². The molecule has 2 amide bonds. The molecule has 6 nitrogen and oxygen atoms in total. The van der Waals surface area contributed by atoms with Gasteiger partial charge in [0.25, 0.3) is 0 Å². The molecule has 3 atom stereocenters. The SMILES string of the molecule is COc1ccc(OC)c(N2C(=O)[C@H]3C4c5ccccc5C([C@@H](C)O)(c5ccccc54)[C@H]3C2=O)c1. The zero-order valence-corrected chi connectivity index (χ0v) is 19.2. The fraction of sp³-hybridized carbons (Fsp3) is 0.286. The number of nitrogens with zero attached hydrogens (tertiary/aromatic N) is 1. The zero-order valence-electron chi connectivity index (χ0n) is 19.2. The Morgan fingerprint density at radius 1 is 0.882 bits per heavy atom. The van der Waals surface area contributed by atoms with Crippen LogP contribution in [0.25, 0.3) is 0 Å². The molecule has 3 aromatic carbocycles. The number of benzene rings is 3. The fourth-order valence-electron chi connectivity index (χ4n) is 6.75. The average Bonchev–Trinajstić information content (AvgIpc) is 3.13. The Kier molecular flexibility index (Phi) is 4.42. The molecule has 1 saturated heterocycles. The van der Waals surface area contributed by atoms with Crippen molar-refractivity contribution in [2.45, 2.75) is 24.4 Å². The molecule has 6 heteroatoms. The number of methoxy groups -OCH3 is 2. The van der Waals surface area contributed by atoms with Gasteiger partial charge in [-0.1, -0.05) is 48.5 Å². The smallest absolute Gasteiger partial charge is 0.239 e. The van der Waals surface area contributed by atoms with Crippen LogP contribution in [0.15, 0.2) is 66.7 Å². The molecule has 0 spiro atoms. The quantitative estimate of drug-likeness (QED) is 0.608. The first kappa shape index (κ1) is 20.9. The van der Waals surface area contributed by atoms with E-state index in [0.717, 1.165) is 22.3 Å². The lowest BCUT2D eigenvalue weighted by Gasteiger charge is -2.55. The number of carbonyl (C=O) groups is 2. The predicted molar refractivity (Wildman–Crippen MR) is 126 cm³/mol. The molecule has 1 N–H and O–H groups in total. The molecule has 0 aromatic heterocycles. The van der Waals surface area contributed by atoms with Gasteiger partial charge < -0.3 is 14.6 Å². The summed E-state index contributed by atoms with van der Waals surface area (Å²) < 4.78 is 10.9. The first-order chi connectivity index (χ1) is 16.5. The van der Waals surface area contributed by atoms with Crippen LogP contribution in [-0.4, -0.2) is 37.2 Å². The van der Waals surface area contributed by atoms with E-state index in [0.29, 0.717) is 17.2 Å². The van der Waals surface area contributed by atoms with Crippen molar-refractivity contribution < 1.29 is 24.2 Å². The van der Waals surface area contributed by atoms with Gasteiger partial charge in [0.15, 0.2) is 0 Å². The molecule has 34 heavy (non-hydrogen) atoms. The van der Waals surface area contributed by atoms with Gasteiger partial charge >= 0.3 is 0 Å². The molecule has 4 aliphatic rings. The minimum atomic E-state index is -1.03. The Bertz CT molecular complexity index is 1300. The molecule has 3 aromatic rings. The second-order valence-corrected chi connectivity index (χ2v) is 9.25. The van der Waals surface area contributed by atoms with Crippen molar-refractivity contribution in [1.82, 2.24) is 0 Å². The van der Waals surface area contributed by atoms with Gasteiger partial charge in [-0.3, -0.25) is 9.59 Å². The molecule has 172 valence electrons. The largest absolute Gasteiger partial charge is 0.497 e. The number of ether oxygens (including phenoxy) is 2. The Labute approximate surface area is 197 Å². The van der Waals surface area contributed by atoms with Crippen LogP contribution >= 0.6 is 0 Å². The van der Waals surface area contributed by atoms with E-state index in [9.17, 15) is 14.7 Å². The number of anilines is 1. The van der Waals surface area contributed by atoms with Gasteiger partial charge in [0.2, 0.25) is 11.8 Å². The third kappa shape index (κ3) is 2.33. The summed E-state index contributed by atoms with van der Waals surface area (Å²) in [5, 5.41) is 11.4. The number of hydrogen-bond acceptors (Lipinski definition) is 5. The number of aliphatic hydroxyl groups is 1. The maximum Gasteiger partial charge on any atom is 0.239 e. The topological polar surface area (TPSA) is 76.1 Å². The molecule has 2 bridgehead atoms. The van der Waals surface area contributed by atoms with Gasteiger partial charge in [0.1, 0.15) is 11.5 Å². The highest BCUT2D eigenvalue weighted by molar-refractivity contribution is 6.24. The van der Waals surface area contributed by atoms with E-state index in [-0.39, 0.29) is 17.7 Å². The van der Waals surface area contributed by atoms with Crippen molar-refractivity contribution in [2.75, 3.05) is 19.1 Å². The molecule has 1 heterocycles. The average molecular weight is 456 g/mol. The third-order valence-electron chi connectivity index (χ3n) is 7.97. The summed E-state index contributed by atoms with van der Waals surface area (Å²) in [6.45, 7) is 1.73. The van der Waals surface area contributed by atoms with E-state index in [2.05, 4.69) is 0 Å². The van der Waals surface area contributed by atoms with Crippen LogP contribution in [0.2, 0.25) is 0 Å². The molecule has 7 rings (SSSR count). The molecular weight excluding hydrogens is 430 g/mol. The van der Waals surface area contributed by atoms with E-state index in [1.165, 1.54) is 19.1 Å². The van der Waals surface area contributed by atoms with Crippen LogP contribution in [0.5, 0.6) is 11.5 Å². The monoisotopic (exact) mass is 455 g/mol. The second-order valence-electron chi connectivity index (χ2n) is 9.25. The Morgan fingerprint density at radius 3 is 2.06 bits per heavy atom. The number of amides is 2. The lowest BCUT2D eigenvalue weighted by Crippen LogP contribution is -2.58. The molecular formula is C28H25NO5. The number of aliphatic hydroxyl groups excluding tert-OH is 1. The zero-order chi connectivity index (χ0) is 23.8. The highest BCUT2D eigenvalue weighted by atomic mass is 16.5. The molecule has 1 aliphatic heterocycles. The van der Waals surface area contributed by atoms with Crippen LogP contribution in [0.1, 0.15) is 35.1 Å². The maximum absolute atomic E-state index is 14.2. The minimum Gasteiger partial charge on any atom is -0.497 e. The molecule has 1 fully saturated rings. The van der Waals surface area contributed by atoms with Gasteiger partial charge in [-0.25, -0.2) is 4.90 Å². The van der Waals surface area contributed by atoms with Crippen LogP contribution in [0, 0.1) is 11.8 Å². The molecule has 0 radical (unpaired) electrons. The Hall–Kier alpha value is -3.64. The maximum atomic E-state index is 14.2. The first-order valence-electron chi connectivity index (χ1n) is 11.4. The van der Waals surface area contributed by atoms with Gasteiger partial charge in [-0.15, -0.1) is 0 Å². The summed E-state index contributed by atoms with van der Waals surface area (Å²) >= 11 is 0. The molecule has 0 unspecified atom stereocenters. The van der Waals surface area contributed by atoms with Gasteiger partial charge in [-0.05, 0) is 41.3 Å². The van der Waals surface area contributed by atoms with Crippen molar-refractivity contribution >= 4 is 17.5 Å². The third-order valence-corrected chi connectivity index (χ3v) is 7.97. The number of rotatable bonds is 4. The van der Waals surface area contributed by atoms with E-state index in [4.69, 9.17) is 9.47 Å². The number of carbonyl (C=O) groups excluding carboxylic acids is 2. The van der Waals surface area contributed by atoms with E-state index >= 15 is 0 Å². The summed E-state index contributed by atoms with van der Waals surface area (Å²) in [6, 6.07) is 20.9. The Balaban J connectivity index is 1.64. The van der Waals surface area contributed by atoms with E-state index in [1.54, 1.807) is 25.1 Å². The summed E-state index contributed by atoms with van der Waals surface area (Å²) in [5.41, 5.74) is 3.19. The lowest BCUT2D eigenvalue weighted by atomic mass is 9.46. The summed E-state index contributed by atoms with van der Waals surface area (Å²) in [5.74, 6) is -1.29. The van der Waals surface area contributed by atoms with Crippen molar-refractivity contribution in [3.05, 3.63) is 89.0 Å². The fourth-order valence-corrected chi connectivity index (χ4v) is 6.75. The Morgan fingerprint density at radius 2 is 1.50 bits per heavy atom. The molecule has 0 saturated carbocycles. The standard InChI is InChI=1S/C28H25NO5/c1-15(30)28-19-10-6-4-8-17(19)23(18-9-5-7-11-20(18)28)24-25(28)27(32)29(26(24)31)21-14-16(33-2)12-13-22(21)34-3/h4-15,23-25,30H,1-3H3/t15-,23?,24+,25-,28?/m1/s1. The molecule has 3 aliphatic carbocycles. The van der Waals surface area contributed by atoms with Crippen molar-refractivity contribution in [2.24, 2.45) is 11.8 Å². The van der Waals surface area contributed by atoms with Crippen LogP contribution in [0.4, 0.5) is 5.69 Å². The first-order valence-corrected chi connectivity index (χ1v) is 11.4. The normalized spacial score (nSPS) is 27.2. The van der Waals surface area contributed by atoms with Crippen molar-refractivity contribution in [3.63, 3.8) is 0 Å². The van der Waals surface area contributed by atoms with Crippen LogP contribution in [0.3, 0.4) is 0 Å². The number of imide groups is 1. The number of hydrogen-bond donors (Lipinski definition) is 1. The highest BCUT2D eigenvalue weighted by Crippen LogP contribution is 2.65. The predicted octanol–water partition coefficient (Wildman–Crippen LogP) is 3.64. The highest BCUT2D eigenvalue weighted by Gasteiger charge is 2.69. The van der Waals surface area contributed by atoms with E-state index in [1.807, 2.05) is 48.5 Å². The minimum absolute atomic E-state index is 0.268. The van der Waals surface area contributed by atoms with Crippen molar-refractivity contribution in [3.8, 4) is 11.5 Å². The van der Waals surface area contributed by atoms with Gasteiger partial charge in [-0.2, -0.15) is 0 Å². The summed E-state index contributed by atoms with van der Waals surface area (Å²) in [4.78, 5) is 29.6.